The van der Waals surface area contributed by atoms with Crippen LogP contribution in [0.15, 0.2) is 0 Å². The molecule has 0 aliphatic carbocycles. The molecule has 13 heteroatoms. The van der Waals surface area contributed by atoms with Gasteiger partial charge in [-0.1, -0.05) is 40.5 Å². The van der Waals surface area contributed by atoms with E-state index in [1.807, 2.05) is 27.7 Å². The van der Waals surface area contributed by atoms with Crippen LogP contribution in [0.2, 0.25) is 0 Å². The second-order valence-corrected chi connectivity index (χ2v) is 11.4. The van der Waals surface area contributed by atoms with Crippen LogP contribution in [0.4, 0.5) is 0 Å². The van der Waals surface area contributed by atoms with E-state index in [4.69, 9.17) is 29.2 Å². The van der Waals surface area contributed by atoms with E-state index in [1.165, 1.54) is 6.92 Å². The molecule has 1 rings (SSSR count). The number of esters is 2. The van der Waals surface area contributed by atoms with E-state index in [9.17, 15) is 35.1 Å². The van der Waals surface area contributed by atoms with Gasteiger partial charge >= 0.3 is 11.9 Å². The van der Waals surface area contributed by atoms with Gasteiger partial charge in [-0.25, -0.2) is 0 Å². The lowest BCUT2D eigenvalue weighted by Crippen LogP contribution is -2.38. The molecule has 0 aromatic heterocycles. The fraction of sp³-hybridized carbons (Fsp3) is 0.931. The number of hydrogen-bond donors (Lipinski definition) is 7. The number of aliphatic hydroxyl groups is 7. The van der Waals surface area contributed by atoms with Crippen LogP contribution >= 0.6 is 0 Å². The maximum absolute atomic E-state index is 12.6. The average molecular weight is 613 g/mol. The lowest BCUT2D eigenvalue weighted by molar-refractivity contribution is -0.196. The van der Waals surface area contributed by atoms with Crippen molar-refractivity contribution in [2.24, 2.45) is 11.8 Å². The third-order valence-electron chi connectivity index (χ3n) is 7.25. The molecule has 0 saturated carbocycles. The molecular formula is C29H56O13. The highest BCUT2D eigenvalue weighted by Gasteiger charge is 2.38. The Balaban J connectivity index is 0.00000252. The highest BCUT2D eigenvalue weighted by Crippen LogP contribution is 2.25. The van der Waals surface area contributed by atoms with Crippen LogP contribution in [0.5, 0.6) is 0 Å². The van der Waals surface area contributed by atoms with Crippen LogP contribution in [0.25, 0.3) is 0 Å². The van der Waals surface area contributed by atoms with Gasteiger partial charge in [-0.2, -0.15) is 0 Å². The normalized spacial score (nSPS) is 25.0. The molecule has 1 heterocycles. The molecule has 13 nitrogen and oxygen atoms in total. The summed E-state index contributed by atoms with van der Waals surface area (Å²) in [5.41, 5.74) is 0. The Labute approximate surface area is 249 Å². The van der Waals surface area contributed by atoms with Crippen molar-refractivity contribution in [3.8, 4) is 0 Å². The summed E-state index contributed by atoms with van der Waals surface area (Å²) < 4.78 is 21.5. The summed E-state index contributed by atoms with van der Waals surface area (Å²) in [5, 5.41) is 66.5. The van der Waals surface area contributed by atoms with Gasteiger partial charge in [0.1, 0.15) is 24.9 Å². The predicted octanol–water partition coefficient (Wildman–Crippen LogP) is 0.408. The Bertz CT molecular complexity index is 726. The number of rotatable bonds is 18. The smallest absolute Gasteiger partial charge is 0.308 e. The van der Waals surface area contributed by atoms with Crippen LogP contribution < -0.4 is 0 Å². The number of hydrogen-bond acceptors (Lipinski definition) is 13. The minimum absolute atomic E-state index is 0.0131. The molecule has 12 atom stereocenters. The molecule has 0 aromatic rings. The minimum Gasteiger partial charge on any atom is -0.463 e. The molecule has 1 aliphatic heterocycles. The summed E-state index contributed by atoms with van der Waals surface area (Å²) in [6, 6.07) is 0. The van der Waals surface area contributed by atoms with Gasteiger partial charge in [-0.05, 0) is 32.6 Å². The number of carbonyl (C=O) groups excluding carboxylic acids is 2. The molecule has 1 aliphatic rings. The SMILES string of the molecule is CC[C@H](C)[C@H](C[C@H](O)CC(=O)OC[C@@H](C)O)OC(=O)C[C@@H](O)C[C@H](O[C@@H]1OC[C@H](O)[C@H]1O)[C@@H](C)CC.C[C@H](O)[C@@H](C)O. The van der Waals surface area contributed by atoms with Crippen molar-refractivity contribution < 1.29 is 64.3 Å². The third-order valence-corrected chi connectivity index (χ3v) is 7.25. The Morgan fingerprint density at radius 1 is 0.786 bits per heavy atom. The van der Waals surface area contributed by atoms with Gasteiger partial charge < -0.3 is 54.7 Å². The molecule has 7 N–H and O–H groups in total. The van der Waals surface area contributed by atoms with Crippen molar-refractivity contribution in [2.75, 3.05) is 13.2 Å². The van der Waals surface area contributed by atoms with Crippen molar-refractivity contribution in [1.29, 1.82) is 0 Å². The molecule has 0 spiro atoms. The van der Waals surface area contributed by atoms with Crippen LogP contribution in [-0.4, -0.2) is 122 Å². The molecule has 0 unspecified atom stereocenters. The van der Waals surface area contributed by atoms with Gasteiger partial charge in [0.05, 0.1) is 56.1 Å². The van der Waals surface area contributed by atoms with E-state index in [0.29, 0.717) is 6.42 Å². The Morgan fingerprint density at radius 3 is 1.69 bits per heavy atom. The molecule has 0 aromatic carbocycles. The molecule has 42 heavy (non-hydrogen) atoms. The van der Waals surface area contributed by atoms with E-state index in [2.05, 4.69) is 0 Å². The van der Waals surface area contributed by atoms with Crippen molar-refractivity contribution in [2.45, 2.75) is 148 Å². The van der Waals surface area contributed by atoms with Crippen LogP contribution in [0, 0.1) is 11.8 Å². The maximum Gasteiger partial charge on any atom is 0.308 e. The van der Waals surface area contributed by atoms with Gasteiger partial charge in [0.15, 0.2) is 6.29 Å². The van der Waals surface area contributed by atoms with Gasteiger partial charge in [-0.3, -0.25) is 9.59 Å². The monoisotopic (exact) mass is 612 g/mol. The Morgan fingerprint density at radius 2 is 1.26 bits per heavy atom. The number of ether oxygens (including phenoxy) is 4. The first kappa shape index (κ1) is 40.6. The highest BCUT2D eigenvalue weighted by atomic mass is 16.7. The number of carbonyl (C=O) groups is 2. The molecule has 1 saturated heterocycles. The first-order chi connectivity index (χ1) is 19.5. The quantitative estimate of drug-likeness (QED) is 0.105. The Kier molecular flexibility index (Phi) is 20.6. The van der Waals surface area contributed by atoms with E-state index in [1.54, 1.807) is 13.8 Å². The van der Waals surface area contributed by atoms with E-state index < -0.39 is 73.2 Å². The van der Waals surface area contributed by atoms with Crippen LogP contribution in [-0.2, 0) is 28.5 Å². The van der Waals surface area contributed by atoms with Gasteiger partial charge in [0.25, 0.3) is 0 Å². The fourth-order valence-electron chi connectivity index (χ4n) is 3.79. The molecule has 0 bridgehead atoms. The Hall–Kier alpha value is -1.42. The second kappa shape index (κ2) is 21.3. The fourth-order valence-corrected chi connectivity index (χ4v) is 3.79. The first-order valence-corrected chi connectivity index (χ1v) is 14.9. The predicted molar refractivity (Wildman–Crippen MR) is 152 cm³/mol. The molecule has 1 fully saturated rings. The van der Waals surface area contributed by atoms with Crippen LogP contribution in [0.3, 0.4) is 0 Å². The minimum atomic E-state index is -1.19. The highest BCUT2D eigenvalue weighted by molar-refractivity contribution is 5.70. The van der Waals surface area contributed by atoms with E-state index in [0.717, 1.165) is 6.42 Å². The summed E-state index contributed by atoms with van der Waals surface area (Å²) >= 11 is 0. The van der Waals surface area contributed by atoms with Crippen molar-refractivity contribution >= 4 is 11.9 Å². The zero-order chi connectivity index (χ0) is 32.6. The lowest BCUT2D eigenvalue weighted by atomic mass is 9.94. The average Bonchev–Trinajstić information content (AvgIpc) is 3.22. The van der Waals surface area contributed by atoms with Gasteiger partial charge in [0, 0.05) is 12.8 Å². The summed E-state index contributed by atoms with van der Waals surface area (Å²) in [5.74, 6) is -1.42. The summed E-state index contributed by atoms with van der Waals surface area (Å²) in [6.07, 6.45) is -7.69. The molecular weight excluding hydrogens is 556 g/mol. The van der Waals surface area contributed by atoms with Crippen LogP contribution in [0.1, 0.15) is 87.0 Å². The summed E-state index contributed by atoms with van der Waals surface area (Å²) in [6.45, 7) is 12.0. The first-order valence-electron chi connectivity index (χ1n) is 14.9. The van der Waals surface area contributed by atoms with Gasteiger partial charge in [0.2, 0.25) is 0 Å². The summed E-state index contributed by atoms with van der Waals surface area (Å²) in [4.78, 5) is 24.4. The zero-order valence-electron chi connectivity index (χ0n) is 26.2. The zero-order valence-corrected chi connectivity index (χ0v) is 26.2. The number of aliphatic hydroxyl groups excluding tert-OH is 7. The molecule has 0 amide bonds. The van der Waals surface area contributed by atoms with Crippen molar-refractivity contribution in [3.63, 3.8) is 0 Å². The van der Waals surface area contributed by atoms with Crippen molar-refractivity contribution in [3.05, 3.63) is 0 Å². The standard InChI is InChI=1S/C25H46O11.C4H10O2/c1-6-14(3)20(8-17(27)10-22(30)33-12-16(5)26)35-23(31)11-18(28)9-21(15(4)7-2)36-25-24(32)19(29)13-34-25;1-3(5)4(2)6/h14-21,24-29,32H,6-13H2,1-5H3;3-6H,1-2H3/t14-,15-,16+,17-,18-,19-,20-,21-,24+,25-;3-,4+/m0./s1. The largest absolute Gasteiger partial charge is 0.463 e. The maximum atomic E-state index is 12.6. The molecule has 0 radical (unpaired) electrons. The van der Waals surface area contributed by atoms with E-state index >= 15 is 0 Å². The van der Waals surface area contributed by atoms with E-state index in [-0.39, 0.29) is 50.7 Å². The van der Waals surface area contributed by atoms with Crippen molar-refractivity contribution in [1.82, 2.24) is 0 Å². The topological polar surface area (TPSA) is 213 Å². The molecule has 250 valence electrons. The third kappa shape index (κ3) is 17.0. The second-order valence-electron chi connectivity index (χ2n) is 11.4. The van der Waals surface area contributed by atoms with Gasteiger partial charge in [-0.15, -0.1) is 0 Å². The lowest BCUT2D eigenvalue weighted by Gasteiger charge is -2.30. The summed E-state index contributed by atoms with van der Waals surface area (Å²) in [7, 11) is 0.